The van der Waals surface area contributed by atoms with Gasteiger partial charge in [-0.2, -0.15) is 0 Å². The maximum Gasteiger partial charge on any atom is 0.179 e. The second-order valence-corrected chi connectivity index (χ2v) is 5.70. The van der Waals surface area contributed by atoms with E-state index in [0.29, 0.717) is 41.8 Å². The molecule has 0 spiro atoms. The summed E-state index contributed by atoms with van der Waals surface area (Å²) in [5.41, 5.74) is 6.75. The lowest BCUT2D eigenvalue weighted by atomic mass is 10.0. The Balaban J connectivity index is 1.76. The quantitative estimate of drug-likeness (QED) is 0.873. The van der Waals surface area contributed by atoms with Gasteiger partial charge in [-0.15, -0.1) is 0 Å². The van der Waals surface area contributed by atoms with E-state index in [0.717, 1.165) is 13.1 Å². The number of hydrogen-bond acceptors (Lipinski definition) is 5. The average molecular weight is 299 g/mol. The summed E-state index contributed by atoms with van der Waals surface area (Å²) in [6, 6.07) is 3.13. The Morgan fingerprint density at radius 3 is 2.75 bits per heavy atom. The molecule has 1 aromatic rings. The van der Waals surface area contributed by atoms with Crippen LogP contribution >= 0.6 is 11.6 Å². The fourth-order valence-electron chi connectivity index (χ4n) is 2.51. The highest BCUT2D eigenvalue weighted by Gasteiger charge is 2.25. The third-order valence-electron chi connectivity index (χ3n) is 3.78. The Morgan fingerprint density at radius 2 is 2.05 bits per heavy atom. The molecule has 0 radical (unpaired) electrons. The molecule has 2 heterocycles. The standard InChI is InChI=1S/C14H19ClN2O3/c15-10-6-9(7-12-14(10)20-5-4-19-12)13(18)11(16)8-17-2-1-3-17/h6-7,11,13,18H,1-5,8,16H2. The van der Waals surface area contributed by atoms with Gasteiger partial charge in [-0.05, 0) is 37.2 Å². The van der Waals surface area contributed by atoms with E-state index in [-0.39, 0.29) is 6.04 Å². The van der Waals surface area contributed by atoms with Crippen molar-refractivity contribution in [1.29, 1.82) is 0 Å². The molecule has 110 valence electrons. The summed E-state index contributed by atoms with van der Waals surface area (Å²) in [4.78, 5) is 2.23. The van der Waals surface area contributed by atoms with E-state index in [2.05, 4.69) is 4.90 Å². The first-order valence-corrected chi connectivity index (χ1v) is 7.28. The first-order chi connectivity index (χ1) is 9.65. The van der Waals surface area contributed by atoms with Crippen molar-refractivity contribution in [2.24, 2.45) is 5.73 Å². The monoisotopic (exact) mass is 298 g/mol. The lowest BCUT2D eigenvalue weighted by Gasteiger charge is -2.34. The van der Waals surface area contributed by atoms with Gasteiger partial charge in [0.15, 0.2) is 11.5 Å². The van der Waals surface area contributed by atoms with Crippen LogP contribution in [-0.4, -0.2) is 48.9 Å². The largest absolute Gasteiger partial charge is 0.486 e. The zero-order valence-corrected chi connectivity index (χ0v) is 12.0. The third kappa shape index (κ3) is 2.72. The van der Waals surface area contributed by atoms with Crippen LogP contribution in [0.1, 0.15) is 18.1 Å². The van der Waals surface area contributed by atoms with Crippen LogP contribution in [0.2, 0.25) is 5.02 Å². The van der Waals surface area contributed by atoms with Crippen molar-refractivity contribution in [2.75, 3.05) is 32.8 Å². The molecule has 0 aromatic heterocycles. The third-order valence-corrected chi connectivity index (χ3v) is 4.06. The van der Waals surface area contributed by atoms with Crippen molar-refractivity contribution in [1.82, 2.24) is 4.90 Å². The summed E-state index contributed by atoms with van der Waals surface area (Å²) < 4.78 is 11.0. The smallest absolute Gasteiger partial charge is 0.179 e. The molecule has 0 aliphatic carbocycles. The Kier molecular flexibility index (Phi) is 4.03. The van der Waals surface area contributed by atoms with Crippen molar-refractivity contribution in [3.05, 3.63) is 22.7 Å². The molecule has 2 aliphatic rings. The number of ether oxygens (including phenoxy) is 2. The minimum Gasteiger partial charge on any atom is -0.486 e. The second kappa shape index (κ2) is 5.77. The first-order valence-electron chi connectivity index (χ1n) is 6.90. The van der Waals surface area contributed by atoms with Crippen LogP contribution in [-0.2, 0) is 0 Å². The summed E-state index contributed by atoms with van der Waals surface area (Å²) in [6.45, 7) is 3.78. The molecule has 20 heavy (non-hydrogen) atoms. The molecule has 2 atom stereocenters. The van der Waals surface area contributed by atoms with E-state index in [1.54, 1.807) is 12.1 Å². The Labute approximate surface area is 123 Å². The van der Waals surface area contributed by atoms with E-state index in [1.165, 1.54) is 6.42 Å². The summed E-state index contributed by atoms with van der Waals surface area (Å²) in [6.07, 6.45) is 0.447. The molecule has 0 bridgehead atoms. The molecule has 6 heteroatoms. The van der Waals surface area contributed by atoms with Crippen LogP contribution in [0.3, 0.4) is 0 Å². The highest BCUT2D eigenvalue weighted by atomic mass is 35.5. The number of fused-ring (bicyclic) bond motifs is 1. The van der Waals surface area contributed by atoms with Gasteiger partial charge in [-0.25, -0.2) is 0 Å². The lowest BCUT2D eigenvalue weighted by molar-refractivity contribution is 0.0949. The van der Waals surface area contributed by atoms with Gasteiger partial charge in [0, 0.05) is 12.6 Å². The number of nitrogens with zero attached hydrogens (tertiary/aromatic N) is 1. The highest BCUT2D eigenvalue weighted by molar-refractivity contribution is 6.32. The zero-order chi connectivity index (χ0) is 14.1. The van der Waals surface area contributed by atoms with Crippen molar-refractivity contribution in [2.45, 2.75) is 18.6 Å². The Hall–Kier alpha value is -1.01. The Morgan fingerprint density at radius 1 is 1.30 bits per heavy atom. The number of aliphatic hydroxyl groups is 1. The molecular formula is C14H19ClN2O3. The van der Waals surface area contributed by atoms with Crippen LogP contribution in [0.15, 0.2) is 12.1 Å². The summed E-state index contributed by atoms with van der Waals surface area (Å²) in [5, 5.41) is 10.8. The SMILES string of the molecule is NC(CN1CCC1)C(O)c1cc(Cl)c2c(c1)OCCO2. The van der Waals surface area contributed by atoms with Crippen LogP contribution in [0.5, 0.6) is 11.5 Å². The zero-order valence-electron chi connectivity index (χ0n) is 11.2. The van der Waals surface area contributed by atoms with Crippen molar-refractivity contribution < 1.29 is 14.6 Å². The lowest BCUT2D eigenvalue weighted by Crippen LogP contribution is -2.47. The van der Waals surface area contributed by atoms with Crippen molar-refractivity contribution in [3.8, 4) is 11.5 Å². The topological polar surface area (TPSA) is 68.0 Å². The molecule has 2 aliphatic heterocycles. The number of likely N-dealkylation sites (tertiary alicyclic amines) is 1. The van der Waals surface area contributed by atoms with E-state index < -0.39 is 6.10 Å². The van der Waals surface area contributed by atoms with Gasteiger partial charge in [0.1, 0.15) is 13.2 Å². The molecule has 1 aromatic carbocycles. The fourth-order valence-corrected chi connectivity index (χ4v) is 2.78. The normalized spacial score (nSPS) is 21.1. The molecule has 0 saturated carbocycles. The molecule has 3 rings (SSSR count). The van der Waals surface area contributed by atoms with Crippen LogP contribution < -0.4 is 15.2 Å². The molecule has 1 fully saturated rings. The molecule has 5 nitrogen and oxygen atoms in total. The number of halogens is 1. The van der Waals surface area contributed by atoms with Crippen LogP contribution in [0.25, 0.3) is 0 Å². The predicted molar refractivity (Wildman–Crippen MR) is 76.4 cm³/mol. The van der Waals surface area contributed by atoms with Crippen molar-refractivity contribution in [3.63, 3.8) is 0 Å². The summed E-state index contributed by atoms with van der Waals surface area (Å²) in [7, 11) is 0. The summed E-state index contributed by atoms with van der Waals surface area (Å²) in [5.74, 6) is 1.12. The van der Waals surface area contributed by atoms with Crippen molar-refractivity contribution >= 4 is 11.6 Å². The van der Waals surface area contributed by atoms with Crippen LogP contribution in [0.4, 0.5) is 0 Å². The van der Waals surface area contributed by atoms with E-state index in [9.17, 15) is 5.11 Å². The maximum atomic E-state index is 10.4. The number of benzene rings is 1. The maximum absolute atomic E-state index is 10.4. The molecule has 0 amide bonds. The molecule has 2 unspecified atom stereocenters. The molecular weight excluding hydrogens is 280 g/mol. The summed E-state index contributed by atoms with van der Waals surface area (Å²) >= 11 is 6.17. The molecule has 3 N–H and O–H groups in total. The average Bonchev–Trinajstić information content (AvgIpc) is 2.41. The minimum absolute atomic E-state index is 0.339. The van der Waals surface area contributed by atoms with Gasteiger partial charge in [-0.1, -0.05) is 11.6 Å². The van der Waals surface area contributed by atoms with E-state index >= 15 is 0 Å². The predicted octanol–water partition coefficient (Wildman–Crippen LogP) is 1.18. The number of nitrogens with two attached hydrogens (primary N) is 1. The van der Waals surface area contributed by atoms with E-state index in [1.807, 2.05) is 0 Å². The van der Waals surface area contributed by atoms with Gasteiger partial charge < -0.3 is 25.2 Å². The fraction of sp³-hybridized carbons (Fsp3) is 0.571. The van der Waals surface area contributed by atoms with Gasteiger partial charge >= 0.3 is 0 Å². The van der Waals surface area contributed by atoms with Gasteiger partial charge in [0.05, 0.1) is 11.1 Å². The first kappa shape index (κ1) is 13.9. The van der Waals surface area contributed by atoms with Crippen LogP contribution in [0, 0.1) is 0 Å². The van der Waals surface area contributed by atoms with Gasteiger partial charge in [0.25, 0.3) is 0 Å². The number of aliphatic hydroxyl groups excluding tert-OH is 1. The Bertz CT molecular complexity index is 494. The van der Waals surface area contributed by atoms with E-state index in [4.69, 9.17) is 26.8 Å². The number of hydrogen-bond donors (Lipinski definition) is 2. The molecule has 1 saturated heterocycles. The second-order valence-electron chi connectivity index (χ2n) is 5.29. The number of rotatable bonds is 4. The highest BCUT2D eigenvalue weighted by Crippen LogP contribution is 2.40. The van der Waals surface area contributed by atoms with Gasteiger partial charge in [-0.3, -0.25) is 0 Å². The van der Waals surface area contributed by atoms with Gasteiger partial charge in [0.2, 0.25) is 0 Å². The minimum atomic E-state index is -0.760.